The Labute approximate surface area is 110 Å². The molecule has 0 aromatic rings. The molecule has 1 unspecified atom stereocenters. The zero-order chi connectivity index (χ0) is 13.4. The molecule has 0 N–H and O–H groups in total. The average molecular weight is 255 g/mol. The van der Waals surface area contributed by atoms with Gasteiger partial charge in [-0.3, -0.25) is 4.90 Å². The van der Waals surface area contributed by atoms with Gasteiger partial charge in [-0.15, -0.1) is 0 Å². The zero-order valence-corrected chi connectivity index (χ0v) is 12.0. The van der Waals surface area contributed by atoms with Crippen LogP contribution in [0.15, 0.2) is 0 Å². The summed E-state index contributed by atoms with van der Waals surface area (Å²) in [5, 5.41) is 0. The SMILES string of the molecule is COC1CC2(CCCC2)CN1C(=O)OC(C)(C)C. The van der Waals surface area contributed by atoms with Gasteiger partial charge in [0.25, 0.3) is 0 Å². The van der Waals surface area contributed by atoms with Crippen molar-refractivity contribution >= 4 is 6.09 Å². The first-order valence-electron chi connectivity index (χ1n) is 6.88. The third-order valence-electron chi connectivity index (χ3n) is 4.03. The Morgan fingerprint density at radius 3 is 2.39 bits per heavy atom. The summed E-state index contributed by atoms with van der Waals surface area (Å²) in [6.07, 6.45) is 5.59. The third-order valence-corrected chi connectivity index (χ3v) is 4.03. The van der Waals surface area contributed by atoms with E-state index in [1.807, 2.05) is 20.8 Å². The second kappa shape index (κ2) is 4.72. The molecule has 4 nitrogen and oxygen atoms in total. The molecular formula is C14H25NO3. The first kappa shape index (κ1) is 13.7. The molecule has 2 aliphatic rings. The molecule has 1 saturated heterocycles. The minimum absolute atomic E-state index is 0.113. The van der Waals surface area contributed by atoms with Crippen molar-refractivity contribution in [1.29, 1.82) is 0 Å². The fourth-order valence-corrected chi connectivity index (χ4v) is 3.21. The Hall–Kier alpha value is -0.770. The van der Waals surface area contributed by atoms with Gasteiger partial charge < -0.3 is 9.47 Å². The van der Waals surface area contributed by atoms with Crippen LogP contribution in [0.4, 0.5) is 4.79 Å². The van der Waals surface area contributed by atoms with Crippen LogP contribution in [0.25, 0.3) is 0 Å². The first-order valence-corrected chi connectivity index (χ1v) is 6.88. The summed E-state index contributed by atoms with van der Waals surface area (Å²) >= 11 is 0. The monoisotopic (exact) mass is 255 g/mol. The lowest BCUT2D eigenvalue weighted by molar-refractivity contribution is -0.0306. The lowest BCUT2D eigenvalue weighted by atomic mass is 9.85. The van der Waals surface area contributed by atoms with Gasteiger partial charge in [0.15, 0.2) is 0 Å². The van der Waals surface area contributed by atoms with Gasteiger partial charge in [-0.2, -0.15) is 0 Å². The van der Waals surface area contributed by atoms with Crippen LogP contribution in [-0.2, 0) is 9.47 Å². The van der Waals surface area contributed by atoms with E-state index in [0.717, 1.165) is 13.0 Å². The predicted octanol–water partition coefficient (Wildman–Crippen LogP) is 3.16. The van der Waals surface area contributed by atoms with Gasteiger partial charge in [-0.05, 0) is 45.4 Å². The Balaban J connectivity index is 2.05. The van der Waals surface area contributed by atoms with Gasteiger partial charge in [0.1, 0.15) is 11.8 Å². The molecule has 1 saturated carbocycles. The van der Waals surface area contributed by atoms with E-state index >= 15 is 0 Å². The van der Waals surface area contributed by atoms with Crippen molar-refractivity contribution in [3.8, 4) is 0 Å². The van der Waals surface area contributed by atoms with Gasteiger partial charge in [-0.1, -0.05) is 12.8 Å². The maximum absolute atomic E-state index is 12.2. The molecular weight excluding hydrogens is 230 g/mol. The molecule has 104 valence electrons. The third kappa shape index (κ3) is 2.79. The number of likely N-dealkylation sites (tertiary alicyclic amines) is 1. The Kier molecular flexibility index (Phi) is 3.58. The van der Waals surface area contributed by atoms with E-state index in [1.54, 1.807) is 12.0 Å². The second-order valence-electron chi connectivity index (χ2n) is 6.71. The molecule has 1 atom stereocenters. The number of amides is 1. The van der Waals surface area contributed by atoms with Crippen molar-refractivity contribution in [2.45, 2.75) is 64.7 Å². The zero-order valence-electron chi connectivity index (χ0n) is 12.0. The summed E-state index contributed by atoms with van der Waals surface area (Å²) in [5.74, 6) is 0. The van der Waals surface area contributed by atoms with Crippen LogP contribution < -0.4 is 0 Å². The molecule has 0 aromatic carbocycles. The fourth-order valence-electron chi connectivity index (χ4n) is 3.21. The smallest absolute Gasteiger partial charge is 0.412 e. The lowest BCUT2D eigenvalue weighted by Gasteiger charge is -2.28. The van der Waals surface area contributed by atoms with Crippen LogP contribution >= 0.6 is 0 Å². The van der Waals surface area contributed by atoms with Crippen molar-refractivity contribution in [2.24, 2.45) is 5.41 Å². The molecule has 1 amide bonds. The normalized spacial score (nSPS) is 26.9. The molecule has 1 aliphatic heterocycles. The number of carbonyl (C=O) groups excluding carboxylic acids is 1. The molecule has 0 bridgehead atoms. The highest BCUT2D eigenvalue weighted by atomic mass is 16.6. The molecule has 0 radical (unpaired) electrons. The standard InChI is InChI=1S/C14H25NO3/c1-13(2,3)18-12(16)15-10-14(7-5-6-8-14)9-11(15)17-4/h11H,5-10H2,1-4H3. The average Bonchev–Trinajstić information content (AvgIpc) is 2.84. The number of ether oxygens (including phenoxy) is 2. The molecule has 1 aliphatic carbocycles. The van der Waals surface area contributed by atoms with Gasteiger partial charge in [-0.25, -0.2) is 4.79 Å². The Morgan fingerprint density at radius 2 is 1.89 bits per heavy atom. The van der Waals surface area contributed by atoms with Crippen LogP contribution in [0.5, 0.6) is 0 Å². The van der Waals surface area contributed by atoms with Crippen molar-refractivity contribution in [1.82, 2.24) is 4.90 Å². The largest absolute Gasteiger partial charge is 0.444 e. The molecule has 4 heteroatoms. The summed E-state index contributed by atoms with van der Waals surface area (Å²) in [7, 11) is 1.68. The van der Waals surface area contributed by atoms with Crippen LogP contribution in [0, 0.1) is 5.41 Å². The summed E-state index contributed by atoms with van der Waals surface area (Å²) in [6.45, 7) is 6.48. The van der Waals surface area contributed by atoms with Crippen LogP contribution in [0.2, 0.25) is 0 Å². The maximum Gasteiger partial charge on any atom is 0.412 e. The summed E-state index contributed by atoms with van der Waals surface area (Å²) in [5.41, 5.74) is -0.154. The van der Waals surface area contributed by atoms with E-state index in [-0.39, 0.29) is 17.7 Å². The summed E-state index contributed by atoms with van der Waals surface area (Å²) in [4.78, 5) is 14.0. The molecule has 1 heterocycles. The van der Waals surface area contributed by atoms with Crippen LogP contribution in [0.1, 0.15) is 52.9 Å². The Morgan fingerprint density at radius 1 is 1.28 bits per heavy atom. The number of hydrogen-bond acceptors (Lipinski definition) is 3. The maximum atomic E-state index is 12.2. The van der Waals surface area contributed by atoms with E-state index in [1.165, 1.54) is 25.7 Å². The second-order valence-corrected chi connectivity index (χ2v) is 6.71. The molecule has 1 spiro atoms. The van der Waals surface area contributed by atoms with E-state index in [0.29, 0.717) is 0 Å². The highest BCUT2D eigenvalue weighted by Crippen LogP contribution is 2.48. The quantitative estimate of drug-likeness (QED) is 0.722. The molecule has 0 aromatic heterocycles. The van der Waals surface area contributed by atoms with Crippen molar-refractivity contribution in [3.05, 3.63) is 0 Å². The fraction of sp³-hybridized carbons (Fsp3) is 0.929. The first-order chi connectivity index (χ1) is 8.35. The Bertz CT molecular complexity index is 315. The van der Waals surface area contributed by atoms with Crippen LogP contribution in [-0.4, -0.2) is 36.5 Å². The number of rotatable bonds is 1. The molecule has 2 fully saturated rings. The summed E-state index contributed by atoms with van der Waals surface area (Å²) in [6, 6.07) is 0. The van der Waals surface area contributed by atoms with E-state index in [9.17, 15) is 4.79 Å². The van der Waals surface area contributed by atoms with Gasteiger partial charge in [0, 0.05) is 13.7 Å². The number of carbonyl (C=O) groups is 1. The van der Waals surface area contributed by atoms with Gasteiger partial charge >= 0.3 is 6.09 Å². The lowest BCUT2D eigenvalue weighted by Crippen LogP contribution is -2.41. The predicted molar refractivity (Wildman–Crippen MR) is 69.3 cm³/mol. The highest BCUT2D eigenvalue weighted by Gasteiger charge is 2.48. The minimum atomic E-state index is -0.444. The minimum Gasteiger partial charge on any atom is -0.444 e. The molecule has 18 heavy (non-hydrogen) atoms. The summed E-state index contributed by atoms with van der Waals surface area (Å²) < 4.78 is 10.9. The highest BCUT2D eigenvalue weighted by molar-refractivity contribution is 5.69. The van der Waals surface area contributed by atoms with E-state index in [4.69, 9.17) is 9.47 Å². The van der Waals surface area contributed by atoms with Crippen molar-refractivity contribution in [2.75, 3.05) is 13.7 Å². The number of hydrogen-bond donors (Lipinski definition) is 0. The van der Waals surface area contributed by atoms with Gasteiger partial charge in [0.05, 0.1) is 0 Å². The van der Waals surface area contributed by atoms with Gasteiger partial charge in [0.2, 0.25) is 0 Å². The topological polar surface area (TPSA) is 38.8 Å². The van der Waals surface area contributed by atoms with Crippen molar-refractivity contribution in [3.63, 3.8) is 0 Å². The number of methoxy groups -OCH3 is 1. The number of nitrogens with zero attached hydrogens (tertiary/aromatic N) is 1. The van der Waals surface area contributed by atoms with E-state index < -0.39 is 5.60 Å². The van der Waals surface area contributed by atoms with E-state index in [2.05, 4.69) is 0 Å². The molecule has 2 rings (SSSR count). The van der Waals surface area contributed by atoms with Crippen LogP contribution in [0.3, 0.4) is 0 Å². The van der Waals surface area contributed by atoms with Crippen molar-refractivity contribution < 1.29 is 14.3 Å².